The van der Waals surface area contributed by atoms with E-state index in [1.54, 1.807) is 44.3 Å². The highest BCUT2D eigenvalue weighted by molar-refractivity contribution is 5.83. The molecule has 1 amide bonds. The second-order valence-corrected chi connectivity index (χ2v) is 12.5. The molecule has 1 aliphatic rings. The van der Waals surface area contributed by atoms with Gasteiger partial charge in [0.1, 0.15) is 6.54 Å². The number of nitrogens with one attached hydrogen (secondary N) is 2. The Kier molecular flexibility index (Phi) is 10.8. The van der Waals surface area contributed by atoms with Crippen molar-refractivity contribution in [3.63, 3.8) is 0 Å². The van der Waals surface area contributed by atoms with Gasteiger partial charge in [-0.2, -0.15) is 18.4 Å². The average molecular weight is 622 g/mol. The highest BCUT2D eigenvalue weighted by Crippen LogP contribution is 2.27. The first-order chi connectivity index (χ1) is 21.3. The monoisotopic (exact) mass is 621 g/mol. The van der Waals surface area contributed by atoms with Crippen molar-refractivity contribution < 1.29 is 18.0 Å². The number of likely N-dealkylation sites (N-methyl/N-ethyl adjacent to an activating group) is 1. The molecule has 0 saturated carbocycles. The summed E-state index contributed by atoms with van der Waals surface area (Å²) in [7, 11) is 1.96. The quantitative estimate of drug-likeness (QED) is 0.300. The molecule has 11 heteroatoms. The van der Waals surface area contributed by atoms with Crippen LogP contribution in [-0.4, -0.2) is 76.7 Å². The SMILES string of the molecule is CC(C)N(C)CC(=O)N1CCC(NCc2ccc3c(c2)cc(C#CCNc2ccc(C(C)(C)C#N)nc2)n3CC(F)(F)F)CC1. The van der Waals surface area contributed by atoms with Gasteiger partial charge >= 0.3 is 6.18 Å². The molecule has 2 aromatic heterocycles. The van der Waals surface area contributed by atoms with Crippen molar-refractivity contribution in [3.8, 4) is 17.9 Å². The molecule has 2 N–H and O–H groups in total. The number of likely N-dealkylation sites (tertiary alicyclic amines) is 1. The highest BCUT2D eigenvalue weighted by Gasteiger charge is 2.30. The van der Waals surface area contributed by atoms with Crippen LogP contribution < -0.4 is 10.6 Å². The fourth-order valence-corrected chi connectivity index (χ4v) is 5.18. The van der Waals surface area contributed by atoms with Crippen LogP contribution in [0.2, 0.25) is 0 Å². The lowest BCUT2D eigenvalue weighted by Gasteiger charge is -2.34. The van der Waals surface area contributed by atoms with Crippen molar-refractivity contribution in [1.29, 1.82) is 5.26 Å². The number of anilines is 1. The van der Waals surface area contributed by atoms with Crippen LogP contribution in [0.25, 0.3) is 10.9 Å². The lowest BCUT2D eigenvalue weighted by molar-refractivity contribution is -0.140. The van der Waals surface area contributed by atoms with E-state index in [4.69, 9.17) is 0 Å². The molecule has 0 spiro atoms. The molecule has 240 valence electrons. The lowest BCUT2D eigenvalue weighted by Crippen LogP contribution is -2.48. The van der Waals surface area contributed by atoms with Gasteiger partial charge < -0.3 is 20.1 Å². The fourth-order valence-electron chi connectivity index (χ4n) is 5.18. The smallest absolute Gasteiger partial charge is 0.373 e. The van der Waals surface area contributed by atoms with Gasteiger partial charge in [-0.25, -0.2) is 0 Å². The number of hydrogen-bond acceptors (Lipinski definition) is 6. The van der Waals surface area contributed by atoms with E-state index >= 15 is 0 Å². The number of hydrogen-bond donors (Lipinski definition) is 2. The Morgan fingerprint density at radius 1 is 1.16 bits per heavy atom. The van der Waals surface area contributed by atoms with Crippen molar-refractivity contribution in [2.45, 2.75) is 77.3 Å². The van der Waals surface area contributed by atoms with Crippen LogP contribution in [0.1, 0.15) is 57.5 Å². The van der Waals surface area contributed by atoms with E-state index < -0.39 is 18.1 Å². The average Bonchev–Trinajstić information content (AvgIpc) is 3.33. The Labute approximate surface area is 263 Å². The maximum atomic E-state index is 13.5. The third-order valence-corrected chi connectivity index (χ3v) is 8.29. The fraction of sp³-hybridized carbons (Fsp3) is 0.500. The summed E-state index contributed by atoms with van der Waals surface area (Å²) in [5.74, 6) is 5.99. The number of halogens is 3. The van der Waals surface area contributed by atoms with Crippen molar-refractivity contribution in [3.05, 3.63) is 59.5 Å². The van der Waals surface area contributed by atoms with Crippen LogP contribution in [0.4, 0.5) is 18.9 Å². The number of carbonyl (C=O) groups is 1. The highest BCUT2D eigenvalue weighted by atomic mass is 19.4. The second-order valence-electron chi connectivity index (χ2n) is 12.5. The summed E-state index contributed by atoms with van der Waals surface area (Å²) in [6.07, 6.45) is -1.08. The third-order valence-electron chi connectivity index (χ3n) is 8.29. The molecular formula is C34H42F3N7O. The number of nitrogens with zero attached hydrogens (tertiary/aromatic N) is 5. The Bertz CT molecular complexity index is 1570. The maximum Gasteiger partial charge on any atom is 0.406 e. The van der Waals surface area contributed by atoms with Crippen LogP contribution in [-0.2, 0) is 23.3 Å². The van der Waals surface area contributed by atoms with E-state index in [1.807, 2.05) is 29.0 Å². The molecule has 0 bridgehead atoms. The van der Waals surface area contributed by atoms with E-state index in [1.165, 1.54) is 4.57 Å². The predicted molar refractivity (Wildman–Crippen MR) is 170 cm³/mol. The number of fused-ring (bicyclic) bond motifs is 1. The topological polar surface area (TPSA) is 89.2 Å². The largest absolute Gasteiger partial charge is 0.406 e. The molecule has 0 radical (unpaired) electrons. The van der Waals surface area contributed by atoms with E-state index in [2.05, 4.69) is 47.4 Å². The number of pyridine rings is 1. The number of alkyl halides is 3. The number of aromatic nitrogens is 2. The summed E-state index contributed by atoms with van der Waals surface area (Å²) < 4.78 is 41.8. The van der Waals surface area contributed by atoms with E-state index in [9.17, 15) is 23.2 Å². The number of benzene rings is 1. The Morgan fingerprint density at radius 2 is 1.89 bits per heavy atom. The van der Waals surface area contributed by atoms with Crippen LogP contribution in [0, 0.1) is 23.2 Å². The molecule has 4 rings (SSSR count). The summed E-state index contributed by atoms with van der Waals surface area (Å²) in [6, 6.07) is 13.6. The minimum Gasteiger partial charge on any atom is -0.373 e. The molecule has 1 aliphatic heterocycles. The van der Waals surface area contributed by atoms with Crippen LogP contribution >= 0.6 is 0 Å². The number of carbonyl (C=O) groups excluding carboxylic acids is 1. The summed E-state index contributed by atoms with van der Waals surface area (Å²) in [6.45, 7) is 9.21. The number of piperidine rings is 1. The Morgan fingerprint density at radius 3 is 2.51 bits per heavy atom. The minimum absolute atomic E-state index is 0.153. The van der Waals surface area contributed by atoms with Gasteiger partial charge in [-0.1, -0.05) is 12.0 Å². The van der Waals surface area contributed by atoms with E-state index in [-0.39, 0.29) is 18.5 Å². The van der Waals surface area contributed by atoms with Crippen molar-refractivity contribution in [2.75, 3.05) is 38.5 Å². The number of rotatable bonds is 10. The molecular weight excluding hydrogens is 579 g/mol. The first kappa shape index (κ1) is 33.8. The molecule has 8 nitrogen and oxygen atoms in total. The van der Waals surface area contributed by atoms with Gasteiger partial charge in [0.2, 0.25) is 5.91 Å². The van der Waals surface area contributed by atoms with Gasteiger partial charge in [0.25, 0.3) is 0 Å². The molecule has 0 atom stereocenters. The van der Waals surface area contributed by atoms with Crippen molar-refractivity contribution >= 4 is 22.5 Å². The summed E-state index contributed by atoms with van der Waals surface area (Å²) in [4.78, 5) is 20.9. The first-order valence-electron chi connectivity index (χ1n) is 15.3. The number of nitriles is 1. The second kappa shape index (κ2) is 14.4. The van der Waals surface area contributed by atoms with Crippen molar-refractivity contribution in [2.24, 2.45) is 0 Å². The molecule has 45 heavy (non-hydrogen) atoms. The van der Waals surface area contributed by atoms with Gasteiger partial charge in [-0.3, -0.25) is 14.7 Å². The molecule has 0 unspecified atom stereocenters. The van der Waals surface area contributed by atoms with E-state index in [0.717, 1.165) is 18.4 Å². The molecule has 0 aliphatic carbocycles. The summed E-state index contributed by atoms with van der Waals surface area (Å²) in [5.41, 5.74) is 2.39. The van der Waals surface area contributed by atoms with Crippen LogP contribution in [0.15, 0.2) is 42.6 Å². The zero-order chi connectivity index (χ0) is 32.8. The Hall–Kier alpha value is -4.06. The molecule has 1 aromatic carbocycles. The number of amides is 1. The van der Waals surface area contributed by atoms with Gasteiger partial charge in [0.05, 0.1) is 47.8 Å². The predicted octanol–water partition coefficient (Wildman–Crippen LogP) is 5.28. The molecule has 3 heterocycles. The Balaban J connectivity index is 1.38. The summed E-state index contributed by atoms with van der Waals surface area (Å²) in [5, 5.41) is 16.7. The molecule has 1 fully saturated rings. The minimum atomic E-state index is -4.40. The van der Waals surface area contributed by atoms with Gasteiger partial charge in [0, 0.05) is 42.6 Å². The summed E-state index contributed by atoms with van der Waals surface area (Å²) >= 11 is 0. The molecule has 3 aromatic rings. The maximum absolute atomic E-state index is 13.5. The van der Waals surface area contributed by atoms with Gasteiger partial charge in [-0.15, -0.1) is 0 Å². The van der Waals surface area contributed by atoms with Crippen LogP contribution in [0.5, 0.6) is 0 Å². The van der Waals surface area contributed by atoms with E-state index in [0.29, 0.717) is 60.2 Å². The standard InChI is InChI=1S/C34H42F3N7O/c1-24(2)42(5)21-32(45)43-15-12-27(13-16-43)40-19-25-8-10-30-26(17-25)18-29(44(30)23-34(35,36)37)7-6-14-39-28-9-11-31(41-20-28)33(3,4)22-38/h8-11,17-18,20,24,27,39-40H,12-16,19,21,23H2,1-5H3. The zero-order valence-corrected chi connectivity index (χ0v) is 26.6. The molecule has 1 saturated heterocycles. The van der Waals surface area contributed by atoms with Gasteiger partial charge in [0.15, 0.2) is 0 Å². The first-order valence-corrected chi connectivity index (χ1v) is 15.3. The normalized spacial score (nSPS) is 14.5. The lowest BCUT2D eigenvalue weighted by atomic mass is 9.91. The third kappa shape index (κ3) is 9.23. The van der Waals surface area contributed by atoms with Gasteiger partial charge in [-0.05, 0) is 89.4 Å². The van der Waals surface area contributed by atoms with Crippen molar-refractivity contribution in [1.82, 2.24) is 24.7 Å². The zero-order valence-electron chi connectivity index (χ0n) is 26.6. The van der Waals surface area contributed by atoms with Crippen LogP contribution in [0.3, 0.4) is 0 Å².